The molecule has 1 aliphatic heterocycles. The quantitative estimate of drug-likeness (QED) is 0.353. The summed E-state index contributed by atoms with van der Waals surface area (Å²) in [6, 6.07) is 19.3. The highest BCUT2D eigenvalue weighted by Crippen LogP contribution is 2.44. The molecule has 0 aromatic heterocycles. The maximum absolute atomic E-state index is 13.9. The summed E-state index contributed by atoms with van der Waals surface area (Å²) in [5.41, 5.74) is 2.96. The van der Waals surface area contributed by atoms with Crippen molar-refractivity contribution >= 4 is 29.0 Å². The van der Waals surface area contributed by atoms with Gasteiger partial charge < -0.3 is 4.74 Å². The second kappa shape index (κ2) is 9.58. The predicted molar refractivity (Wildman–Crippen MR) is 128 cm³/mol. The molecule has 0 radical (unpaired) electrons. The number of anilines is 2. The Bertz CT molecular complexity index is 1150. The van der Waals surface area contributed by atoms with Crippen LogP contribution in [0.3, 0.4) is 0 Å². The van der Waals surface area contributed by atoms with Gasteiger partial charge in [-0.25, -0.2) is 4.79 Å². The van der Waals surface area contributed by atoms with E-state index in [1.54, 1.807) is 40.1 Å². The molecule has 0 aliphatic carbocycles. The van der Waals surface area contributed by atoms with Gasteiger partial charge in [-0.05, 0) is 67.4 Å². The van der Waals surface area contributed by atoms with Gasteiger partial charge in [-0.2, -0.15) is 0 Å². The fourth-order valence-electron chi connectivity index (χ4n) is 4.42. The lowest BCUT2D eigenvalue weighted by Crippen LogP contribution is -2.35. The number of amides is 2. The molecule has 0 bridgehead atoms. The number of urea groups is 1. The number of carbonyl (C=O) groups is 1. The lowest BCUT2D eigenvalue weighted by Gasteiger charge is -2.28. The van der Waals surface area contributed by atoms with Gasteiger partial charge in [-0.3, -0.25) is 9.80 Å². The summed E-state index contributed by atoms with van der Waals surface area (Å²) in [5, 5.41) is 0.521. The van der Waals surface area contributed by atoms with E-state index < -0.39 is 12.4 Å². The van der Waals surface area contributed by atoms with Crippen molar-refractivity contribution in [1.82, 2.24) is 0 Å². The third kappa shape index (κ3) is 4.99. The molecule has 1 fully saturated rings. The normalized spacial score (nSPS) is 18.5. The molecule has 3 aromatic rings. The van der Waals surface area contributed by atoms with Crippen molar-refractivity contribution < 1.29 is 22.7 Å². The molecule has 1 saturated heterocycles. The minimum absolute atomic E-state index is 0.253. The standard InChI is InChI=1S/C26H24ClF3N2O2/c1-3-5-23-24(18-6-4-7-22(16-18)34-26(28,29)30)32(21-14-10-19(27)11-15-21)25(33)31(23)20-12-8-17(2)9-13-20/h4,6-16,23-24H,3,5H2,1-2H3. The fourth-order valence-corrected chi connectivity index (χ4v) is 4.55. The lowest BCUT2D eigenvalue weighted by molar-refractivity contribution is -0.274. The molecule has 34 heavy (non-hydrogen) atoms. The van der Waals surface area contributed by atoms with E-state index in [2.05, 4.69) is 4.74 Å². The van der Waals surface area contributed by atoms with Gasteiger partial charge in [-0.1, -0.05) is 54.8 Å². The van der Waals surface area contributed by atoms with Gasteiger partial charge in [0.2, 0.25) is 0 Å². The number of hydrogen-bond acceptors (Lipinski definition) is 2. The molecule has 178 valence electrons. The van der Waals surface area contributed by atoms with E-state index in [-0.39, 0.29) is 17.8 Å². The maximum atomic E-state index is 13.9. The molecule has 2 atom stereocenters. The summed E-state index contributed by atoms with van der Waals surface area (Å²) in [6.45, 7) is 3.98. The first-order valence-electron chi connectivity index (χ1n) is 11.0. The Balaban J connectivity index is 1.85. The van der Waals surface area contributed by atoms with Crippen molar-refractivity contribution in [3.05, 3.63) is 88.9 Å². The van der Waals surface area contributed by atoms with Crippen LogP contribution in [-0.2, 0) is 0 Å². The SMILES string of the molecule is CCCC1C(c2cccc(OC(F)(F)F)c2)N(c2ccc(Cl)cc2)C(=O)N1c1ccc(C)cc1. The number of nitrogens with zero attached hydrogens (tertiary/aromatic N) is 2. The fraction of sp³-hybridized carbons (Fsp3) is 0.269. The topological polar surface area (TPSA) is 32.8 Å². The molecule has 0 N–H and O–H groups in total. The van der Waals surface area contributed by atoms with Crippen LogP contribution < -0.4 is 14.5 Å². The predicted octanol–water partition coefficient (Wildman–Crippen LogP) is 7.90. The van der Waals surface area contributed by atoms with Gasteiger partial charge in [0.25, 0.3) is 0 Å². The van der Waals surface area contributed by atoms with E-state index in [9.17, 15) is 18.0 Å². The zero-order chi connectivity index (χ0) is 24.5. The highest BCUT2D eigenvalue weighted by atomic mass is 35.5. The number of aryl methyl sites for hydroxylation is 1. The Morgan fingerprint density at radius 2 is 1.56 bits per heavy atom. The van der Waals surface area contributed by atoms with E-state index >= 15 is 0 Å². The van der Waals surface area contributed by atoms with Crippen molar-refractivity contribution in [3.63, 3.8) is 0 Å². The third-order valence-electron chi connectivity index (χ3n) is 5.82. The molecule has 2 amide bonds. The van der Waals surface area contributed by atoms with Gasteiger partial charge in [0.15, 0.2) is 0 Å². The molecular formula is C26H24ClF3N2O2. The highest BCUT2D eigenvalue weighted by Gasteiger charge is 2.47. The molecule has 4 rings (SSSR count). The van der Waals surface area contributed by atoms with Crippen LogP contribution in [0.25, 0.3) is 0 Å². The Morgan fingerprint density at radius 3 is 2.18 bits per heavy atom. The molecule has 8 heteroatoms. The Morgan fingerprint density at radius 1 is 0.941 bits per heavy atom. The molecule has 1 heterocycles. The van der Waals surface area contributed by atoms with Crippen LogP contribution in [0.1, 0.15) is 36.9 Å². The van der Waals surface area contributed by atoms with E-state index in [1.165, 1.54) is 18.2 Å². The van der Waals surface area contributed by atoms with E-state index in [4.69, 9.17) is 11.6 Å². The molecule has 0 spiro atoms. The Hall–Kier alpha value is -3.19. The van der Waals surface area contributed by atoms with Crippen molar-refractivity contribution in [2.45, 2.75) is 45.1 Å². The Kier molecular flexibility index (Phi) is 6.75. The van der Waals surface area contributed by atoms with Crippen molar-refractivity contribution in [3.8, 4) is 5.75 Å². The van der Waals surface area contributed by atoms with Gasteiger partial charge >= 0.3 is 12.4 Å². The third-order valence-corrected chi connectivity index (χ3v) is 6.07. The van der Waals surface area contributed by atoms with Crippen LogP contribution in [-0.4, -0.2) is 18.4 Å². The molecule has 4 nitrogen and oxygen atoms in total. The van der Waals surface area contributed by atoms with Crippen LogP contribution in [0, 0.1) is 6.92 Å². The number of rotatable bonds is 6. The van der Waals surface area contributed by atoms with Crippen LogP contribution >= 0.6 is 11.6 Å². The van der Waals surface area contributed by atoms with Gasteiger partial charge in [0, 0.05) is 16.4 Å². The minimum Gasteiger partial charge on any atom is -0.406 e. The highest BCUT2D eigenvalue weighted by molar-refractivity contribution is 6.30. The van der Waals surface area contributed by atoms with Crippen LogP contribution in [0.15, 0.2) is 72.8 Å². The maximum Gasteiger partial charge on any atom is 0.573 e. The summed E-state index contributed by atoms with van der Waals surface area (Å²) in [6.07, 6.45) is -3.38. The lowest BCUT2D eigenvalue weighted by atomic mass is 9.94. The molecule has 2 unspecified atom stereocenters. The van der Waals surface area contributed by atoms with Crippen molar-refractivity contribution in [1.29, 1.82) is 0 Å². The molecule has 3 aromatic carbocycles. The first-order chi connectivity index (χ1) is 16.2. The first kappa shape index (κ1) is 24.0. The molecule has 0 saturated carbocycles. The van der Waals surface area contributed by atoms with Crippen molar-refractivity contribution in [2.75, 3.05) is 9.80 Å². The number of halogens is 4. The zero-order valence-corrected chi connectivity index (χ0v) is 19.5. The second-order valence-electron chi connectivity index (χ2n) is 8.26. The van der Waals surface area contributed by atoms with Crippen molar-refractivity contribution in [2.24, 2.45) is 0 Å². The smallest absolute Gasteiger partial charge is 0.406 e. The van der Waals surface area contributed by atoms with Crippen LogP contribution in [0.4, 0.5) is 29.3 Å². The number of ether oxygens (including phenoxy) is 1. The van der Waals surface area contributed by atoms with Gasteiger partial charge in [0.1, 0.15) is 5.75 Å². The number of benzene rings is 3. The monoisotopic (exact) mass is 488 g/mol. The van der Waals surface area contributed by atoms with Crippen LogP contribution in [0.2, 0.25) is 5.02 Å². The molecule has 1 aliphatic rings. The van der Waals surface area contributed by atoms with Gasteiger partial charge in [0.05, 0.1) is 12.1 Å². The average Bonchev–Trinajstić information content (AvgIpc) is 3.06. The van der Waals surface area contributed by atoms with Gasteiger partial charge in [-0.15, -0.1) is 13.2 Å². The second-order valence-corrected chi connectivity index (χ2v) is 8.69. The average molecular weight is 489 g/mol. The summed E-state index contributed by atoms with van der Waals surface area (Å²) >= 11 is 6.07. The van der Waals surface area contributed by atoms with E-state index in [1.807, 2.05) is 38.1 Å². The number of alkyl halides is 3. The van der Waals surface area contributed by atoms with E-state index in [0.29, 0.717) is 22.7 Å². The summed E-state index contributed by atoms with van der Waals surface area (Å²) in [4.78, 5) is 17.2. The Labute approximate surface area is 201 Å². The van der Waals surface area contributed by atoms with Crippen LogP contribution in [0.5, 0.6) is 5.75 Å². The number of carbonyl (C=O) groups excluding carboxylic acids is 1. The molecular weight excluding hydrogens is 465 g/mol. The largest absolute Gasteiger partial charge is 0.573 e. The first-order valence-corrected chi connectivity index (χ1v) is 11.4. The number of hydrogen-bond donors (Lipinski definition) is 0. The summed E-state index contributed by atoms with van der Waals surface area (Å²) in [7, 11) is 0. The minimum atomic E-state index is -4.81. The summed E-state index contributed by atoms with van der Waals surface area (Å²) < 4.78 is 42.9. The summed E-state index contributed by atoms with van der Waals surface area (Å²) in [5.74, 6) is -0.322. The zero-order valence-electron chi connectivity index (χ0n) is 18.7. The van der Waals surface area contributed by atoms with E-state index in [0.717, 1.165) is 17.7 Å².